The second-order valence-corrected chi connectivity index (χ2v) is 2.70. The highest BCUT2D eigenvalue weighted by atomic mass is 16.3. The molecule has 0 fully saturated rings. The highest BCUT2D eigenvalue weighted by Crippen LogP contribution is 2.16. The van der Waals surface area contributed by atoms with Crippen LogP contribution in [0.25, 0.3) is 0 Å². The molecule has 0 saturated carbocycles. The normalized spacial score (nSPS) is 21.7. The maximum Gasteiger partial charge on any atom is 0.153 e. The van der Waals surface area contributed by atoms with Gasteiger partial charge in [-0.05, 0) is 0 Å². The maximum atomic E-state index is 10.4. The molecule has 1 aromatic heterocycles. The van der Waals surface area contributed by atoms with Gasteiger partial charge in [-0.15, -0.1) is 0 Å². The van der Waals surface area contributed by atoms with Gasteiger partial charge in [-0.2, -0.15) is 5.10 Å². The van der Waals surface area contributed by atoms with Gasteiger partial charge in [0.15, 0.2) is 6.29 Å². The van der Waals surface area contributed by atoms with Crippen LogP contribution >= 0.6 is 0 Å². The molecular formula is C7H8N2O2. The Morgan fingerprint density at radius 3 is 3.36 bits per heavy atom. The third-order valence-corrected chi connectivity index (χ3v) is 1.92. The van der Waals surface area contributed by atoms with Gasteiger partial charge in [-0.1, -0.05) is 0 Å². The molecule has 0 aliphatic carbocycles. The highest BCUT2D eigenvalue weighted by Gasteiger charge is 2.22. The van der Waals surface area contributed by atoms with E-state index in [1.165, 1.54) is 6.20 Å². The number of carbonyl (C=O) groups excluding carboxylic acids is 1. The molecule has 4 nitrogen and oxygen atoms in total. The second-order valence-electron chi connectivity index (χ2n) is 2.70. The van der Waals surface area contributed by atoms with Crippen molar-refractivity contribution >= 4 is 6.29 Å². The molecule has 1 aliphatic rings. The molecule has 1 aromatic rings. The molecule has 2 rings (SSSR count). The van der Waals surface area contributed by atoms with Crippen LogP contribution in [0.2, 0.25) is 0 Å². The van der Waals surface area contributed by atoms with Crippen molar-refractivity contribution in [3.05, 3.63) is 17.5 Å². The van der Waals surface area contributed by atoms with Crippen molar-refractivity contribution in [2.45, 2.75) is 19.1 Å². The summed E-state index contributed by atoms with van der Waals surface area (Å²) < 4.78 is 1.67. The van der Waals surface area contributed by atoms with Gasteiger partial charge in [0, 0.05) is 6.42 Å². The molecule has 1 unspecified atom stereocenters. The summed E-state index contributed by atoms with van der Waals surface area (Å²) in [5.41, 5.74) is 1.45. The minimum atomic E-state index is -0.364. The summed E-state index contributed by atoms with van der Waals surface area (Å²) in [5.74, 6) is 0. The van der Waals surface area contributed by atoms with Gasteiger partial charge in [-0.3, -0.25) is 9.48 Å². The maximum absolute atomic E-state index is 10.4. The number of hydrogen-bond donors (Lipinski definition) is 1. The quantitative estimate of drug-likeness (QED) is 0.558. The van der Waals surface area contributed by atoms with E-state index < -0.39 is 0 Å². The van der Waals surface area contributed by atoms with Gasteiger partial charge in [0.1, 0.15) is 0 Å². The SMILES string of the molecule is O=Cc1cnn2c1CC(O)C2. The molecule has 4 heteroatoms. The van der Waals surface area contributed by atoms with E-state index in [0.717, 1.165) is 12.0 Å². The lowest BCUT2D eigenvalue weighted by molar-refractivity contribution is 0.112. The first-order valence-corrected chi connectivity index (χ1v) is 3.49. The fourth-order valence-electron chi connectivity index (χ4n) is 1.39. The minimum Gasteiger partial charge on any atom is -0.391 e. The largest absolute Gasteiger partial charge is 0.391 e. The molecule has 0 bridgehead atoms. The average molecular weight is 152 g/mol. The summed E-state index contributed by atoms with van der Waals surface area (Å²) in [5, 5.41) is 13.1. The Morgan fingerprint density at radius 1 is 1.82 bits per heavy atom. The second kappa shape index (κ2) is 2.17. The van der Waals surface area contributed by atoms with Crippen LogP contribution < -0.4 is 0 Å². The predicted octanol–water partition coefficient (Wildman–Crippen LogP) is -0.387. The van der Waals surface area contributed by atoms with Gasteiger partial charge in [0.2, 0.25) is 0 Å². The number of nitrogens with zero attached hydrogens (tertiary/aromatic N) is 2. The highest BCUT2D eigenvalue weighted by molar-refractivity contribution is 5.76. The fourth-order valence-corrected chi connectivity index (χ4v) is 1.39. The average Bonchev–Trinajstić information content (AvgIpc) is 2.45. The number of hydrogen-bond acceptors (Lipinski definition) is 3. The third-order valence-electron chi connectivity index (χ3n) is 1.92. The summed E-state index contributed by atoms with van der Waals surface area (Å²) in [7, 11) is 0. The molecule has 0 aromatic carbocycles. The van der Waals surface area contributed by atoms with Crippen LogP contribution in [-0.2, 0) is 13.0 Å². The molecule has 2 heterocycles. The van der Waals surface area contributed by atoms with E-state index in [1.807, 2.05) is 0 Å². The molecule has 1 N–H and O–H groups in total. The zero-order valence-corrected chi connectivity index (χ0v) is 5.90. The number of aromatic nitrogens is 2. The van der Waals surface area contributed by atoms with E-state index in [0.29, 0.717) is 18.5 Å². The lowest BCUT2D eigenvalue weighted by Gasteiger charge is -1.94. The van der Waals surface area contributed by atoms with E-state index in [1.54, 1.807) is 4.68 Å². The number of rotatable bonds is 1. The molecule has 1 aliphatic heterocycles. The number of aliphatic hydroxyl groups is 1. The van der Waals surface area contributed by atoms with Crippen molar-refractivity contribution < 1.29 is 9.90 Å². The standard InChI is InChI=1S/C7H8N2O2/c10-4-5-2-8-9-3-6(11)1-7(5)9/h2,4,6,11H,1,3H2. The van der Waals surface area contributed by atoms with E-state index in [-0.39, 0.29) is 6.10 Å². The van der Waals surface area contributed by atoms with E-state index in [2.05, 4.69) is 5.10 Å². The van der Waals surface area contributed by atoms with Crippen LogP contribution in [-0.4, -0.2) is 27.3 Å². The lowest BCUT2D eigenvalue weighted by atomic mass is 10.2. The van der Waals surface area contributed by atoms with Crippen molar-refractivity contribution in [2.75, 3.05) is 0 Å². The fraction of sp³-hybridized carbons (Fsp3) is 0.429. The Balaban J connectivity index is 2.44. The van der Waals surface area contributed by atoms with Crippen LogP contribution in [0.5, 0.6) is 0 Å². The predicted molar refractivity (Wildman–Crippen MR) is 37.3 cm³/mol. The molecule has 0 saturated heterocycles. The zero-order valence-electron chi connectivity index (χ0n) is 5.90. The Hall–Kier alpha value is -1.16. The molecule has 11 heavy (non-hydrogen) atoms. The van der Waals surface area contributed by atoms with Crippen molar-refractivity contribution in [3.63, 3.8) is 0 Å². The molecule has 1 atom stereocenters. The summed E-state index contributed by atoms with van der Waals surface area (Å²) in [6.45, 7) is 0.517. The van der Waals surface area contributed by atoms with Crippen molar-refractivity contribution in [1.82, 2.24) is 9.78 Å². The summed E-state index contributed by atoms with van der Waals surface area (Å²) in [6.07, 6.45) is 2.50. The smallest absolute Gasteiger partial charge is 0.153 e. The first-order chi connectivity index (χ1) is 5.31. The van der Waals surface area contributed by atoms with E-state index in [4.69, 9.17) is 0 Å². The van der Waals surface area contributed by atoms with Crippen molar-refractivity contribution in [2.24, 2.45) is 0 Å². The van der Waals surface area contributed by atoms with Gasteiger partial charge in [-0.25, -0.2) is 0 Å². The van der Waals surface area contributed by atoms with Crippen molar-refractivity contribution in [1.29, 1.82) is 0 Å². The summed E-state index contributed by atoms with van der Waals surface area (Å²) in [4.78, 5) is 10.4. The Bertz CT molecular complexity index is 293. The topological polar surface area (TPSA) is 55.1 Å². The van der Waals surface area contributed by atoms with Gasteiger partial charge >= 0.3 is 0 Å². The molecule has 58 valence electrons. The van der Waals surface area contributed by atoms with Crippen LogP contribution in [0.4, 0.5) is 0 Å². The van der Waals surface area contributed by atoms with E-state index >= 15 is 0 Å². The Labute approximate surface area is 63.4 Å². The number of fused-ring (bicyclic) bond motifs is 1. The van der Waals surface area contributed by atoms with Crippen LogP contribution in [0.3, 0.4) is 0 Å². The van der Waals surface area contributed by atoms with Crippen molar-refractivity contribution in [3.8, 4) is 0 Å². The molecule has 0 spiro atoms. The molecular weight excluding hydrogens is 144 g/mol. The molecule has 0 radical (unpaired) electrons. The number of aldehydes is 1. The number of aliphatic hydroxyl groups excluding tert-OH is 1. The minimum absolute atomic E-state index is 0.364. The zero-order chi connectivity index (χ0) is 7.84. The Morgan fingerprint density at radius 2 is 2.64 bits per heavy atom. The first-order valence-electron chi connectivity index (χ1n) is 3.49. The van der Waals surface area contributed by atoms with E-state index in [9.17, 15) is 9.90 Å². The summed E-state index contributed by atoms with van der Waals surface area (Å²) >= 11 is 0. The third kappa shape index (κ3) is 0.867. The lowest BCUT2D eigenvalue weighted by Crippen LogP contribution is -2.07. The Kier molecular flexibility index (Phi) is 1.29. The monoisotopic (exact) mass is 152 g/mol. The van der Waals surface area contributed by atoms with Crippen LogP contribution in [0.1, 0.15) is 16.1 Å². The van der Waals surface area contributed by atoms with Crippen LogP contribution in [0, 0.1) is 0 Å². The van der Waals surface area contributed by atoms with Gasteiger partial charge in [0.25, 0.3) is 0 Å². The van der Waals surface area contributed by atoms with Crippen LogP contribution in [0.15, 0.2) is 6.20 Å². The molecule has 0 amide bonds. The number of carbonyl (C=O) groups is 1. The van der Waals surface area contributed by atoms with Gasteiger partial charge in [0.05, 0.1) is 30.1 Å². The van der Waals surface area contributed by atoms with Gasteiger partial charge < -0.3 is 5.11 Å². The first kappa shape index (κ1) is 6.54. The summed E-state index contributed by atoms with van der Waals surface area (Å²) in [6, 6.07) is 0.